The molecule has 0 bridgehead atoms. The van der Waals surface area contributed by atoms with Gasteiger partial charge in [0.15, 0.2) is 12.2 Å². The first-order valence-corrected chi connectivity index (χ1v) is 43.7. The summed E-state index contributed by atoms with van der Waals surface area (Å²) in [4.78, 5) is 72.9. The Balaban J connectivity index is 5.22. The van der Waals surface area contributed by atoms with Crippen LogP contribution < -0.4 is 0 Å². The molecule has 0 aromatic carbocycles. The van der Waals surface area contributed by atoms with Gasteiger partial charge in [-0.1, -0.05) is 351 Å². The van der Waals surface area contributed by atoms with E-state index in [0.29, 0.717) is 31.6 Å². The number of aliphatic hydroxyl groups is 1. The third-order valence-corrected chi connectivity index (χ3v) is 20.6. The largest absolute Gasteiger partial charge is 0.472 e. The molecule has 0 saturated heterocycles. The zero-order chi connectivity index (χ0) is 72.4. The normalized spacial score (nSPS) is 14.3. The minimum absolute atomic E-state index is 0.104. The molecule has 0 saturated carbocycles. The quantitative estimate of drug-likeness (QED) is 0.0222. The molecule has 0 aromatic rings. The lowest BCUT2D eigenvalue weighted by molar-refractivity contribution is -0.161. The Morgan fingerprint density at radius 2 is 0.490 bits per heavy atom. The van der Waals surface area contributed by atoms with E-state index in [9.17, 15) is 43.2 Å². The Morgan fingerprint density at radius 1 is 0.286 bits per heavy atom. The fraction of sp³-hybridized carbons (Fsp3) is 0.949. The highest BCUT2D eigenvalue weighted by molar-refractivity contribution is 7.47. The fourth-order valence-corrected chi connectivity index (χ4v) is 13.6. The van der Waals surface area contributed by atoms with E-state index in [1.165, 1.54) is 199 Å². The van der Waals surface area contributed by atoms with E-state index >= 15 is 0 Å². The molecule has 0 heterocycles. The van der Waals surface area contributed by atoms with Gasteiger partial charge in [0.25, 0.3) is 0 Å². The van der Waals surface area contributed by atoms with E-state index in [0.717, 1.165) is 114 Å². The second kappa shape index (κ2) is 68.2. The van der Waals surface area contributed by atoms with Gasteiger partial charge in [0.05, 0.1) is 26.4 Å². The topological polar surface area (TPSA) is 237 Å². The minimum atomic E-state index is -4.96. The number of hydrogen-bond donors (Lipinski definition) is 3. The smallest absolute Gasteiger partial charge is 0.462 e. The zero-order valence-electron chi connectivity index (χ0n) is 64.4. The van der Waals surface area contributed by atoms with Crippen molar-refractivity contribution in [1.82, 2.24) is 0 Å². The molecule has 0 amide bonds. The summed E-state index contributed by atoms with van der Waals surface area (Å²) in [5.74, 6) is 0.957. The Bertz CT molecular complexity index is 1920. The van der Waals surface area contributed by atoms with Crippen LogP contribution >= 0.6 is 15.6 Å². The lowest BCUT2D eigenvalue weighted by Crippen LogP contribution is -2.30. The molecule has 0 aromatic heterocycles. The van der Waals surface area contributed by atoms with Crippen LogP contribution in [0.4, 0.5) is 0 Å². The highest BCUT2D eigenvalue weighted by Gasteiger charge is 2.30. The average Bonchev–Trinajstić information content (AvgIpc) is 0.967. The molecule has 0 fully saturated rings. The SMILES string of the molecule is CCC(C)CCCCCCCCCCC(=O)O[C@H](COC(=O)CCCCCCCCCC(C)C)COP(=O)(O)OCC(O)COP(=O)(O)OC[C@@H](COC(=O)CCCCCCCCCCCCCCC(C)C)OC(=O)CCCCCCCCCCCCCCCCCCCCC(C)C. The monoisotopic (exact) mass is 1440 g/mol. The van der Waals surface area contributed by atoms with Crippen molar-refractivity contribution in [2.75, 3.05) is 39.6 Å². The number of unbranched alkanes of at least 4 members (excludes halogenated alkanes) is 41. The van der Waals surface area contributed by atoms with Crippen LogP contribution in [0.3, 0.4) is 0 Å². The molecule has 6 atom stereocenters. The van der Waals surface area contributed by atoms with E-state index < -0.39 is 97.5 Å². The van der Waals surface area contributed by atoms with Gasteiger partial charge in [-0.2, -0.15) is 0 Å². The van der Waals surface area contributed by atoms with Crippen LogP contribution in [0.25, 0.3) is 0 Å². The van der Waals surface area contributed by atoms with Crippen LogP contribution in [0.15, 0.2) is 0 Å². The van der Waals surface area contributed by atoms with Crippen molar-refractivity contribution >= 4 is 39.5 Å². The molecule has 19 heteroatoms. The molecule has 0 rings (SSSR count). The van der Waals surface area contributed by atoms with Gasteiger partial charge in [0, 0.05) is 25.7 Å². The van der Waals surface area contributed by atoms with Gasteiger partial charge in [-0.25, -0.2) is 9.13 Å². The lowest BCUT2D eigenvalue weighted by atomic mass is 9.99. The fourth-order valence-electron chi connectivity index (χ4n) is 12.0. The second-order valence-corrected chi connectivity index (χ2v) is 33.0. The highest BCUT2D eigenvalue weighted by Crippen LogP contribution is 2.45. The van der Waals surface area contributed by atoms with Gasteiger partial charge in [-0.3, -0.25) is 37.3 Å². The van der Waals surface area contributed by atoms with Gasteiger partial charge in [0.2, 0.25) is 0 Å². The van der Waals surface area contributed by atoms with Crippen LogP contribution in [-0.4, -0.2) is 96.7 Å². The van der Waals surface area contributed by atoms with E-state index in [-0.39, 0.29) is 25.7 Å². The van der Waals surface area contributed by atoms with Gasteiger partial charge in [0.1, 0.15) is 19.3 Å². The van der Waals surface area contributed by atoms with Gasteiger partial charge in [-0.15, -0.1) is 0 Å². The minimum Gasteiger partial charge on any atom is -0.462 e. The number of rotatable bonds is 76. The van der Waals surface area contributed by atoms with Crippen LogP contribution in [0.2, 0.25) is 0 Å². The number of carbonyl (C=O) groups excluding carboxylic acids is 4. The van der Waals surface area contributed by atoms with Gasteiger partial charge in [-0.05, 0) is 49.4 Å². The third kappa shape index (κ3) is 71.1. The van der Waals surface area contributed by atoms with Gasteiger partial charge >= 0.3 is 39.5 Å². The Hall–Kier alpha value is -1.94. The van der Waals surface area contributed by atoms with Crippen molar-refractivity contribution in [2.24, 2.45) is 23.7 Å². The number of hydrogen-bond acceptors (Lipinski definition) is 15. The molecular formula is C79H154O17P2. The number of esters is 4. The van der Waals surface area contributed by atoms with E-state index in [2.05, 4.69) is 55.4 Å². The summed E-state index contributed by atoms with van der Waals surface area (Å²) >= 11 is 0. The Labute approximate surface area is 600 Å². The molecule has 0 aliphatic carbocycles. The van der Waals surface area contributed by atoms with Crippen LogP contribution in [-0.2, 0) is 65.4 Å². The number of aliphatic hydroxyl groups excluding tert-OH is 1. The highest BCUT2D eigenvalue weighted by atomic mass is 31.2. The molecule has 98 heavy (non-hydrogen) atoms. The molecule has 4 unspecified atom stereocenters. The molecule has 17 nitrogen and oxygen atoms in total. The summed E-state index contributed by atoms with van der Waals surface area (Å²) in [7, 11) is -9.92. The predicted octanol–water partition coefficient (Wildman–Crippen LogP) is 23.2. The van der Waals surface area contributed by atoms with Crippen molar-refractivity contribution in [1.29, 1.82) is 0 Å². The summed E-state index contributed by atoms with van der Waals surface area (Å²) in [6.07, 6.45) is 54.2. The van der Waals surface area contributed by atoms with Crippen LogP contribution in [0, 0.1) is 23.7 Å². The van der Waals surface area contributed by atoms with Crippen LogP contribution in [0.1, 0.15) is 402 Å². The maximum absolute atomic E-state index is 13.1. The van der Waals surface area contributed by atoms with Crippen LogP contribution in [0.5, 0.6) is 0 Å². The summed E-state index contributed by atoms with van der Waals surface area (Å²) in [6.45, 7) is 14.2. The van der Waals surface area contributed by atoms with Crippen molar-refractivity contribution in [3.05, 3.63) is 0 Å². The first-order valence-electron chi connectivity index (χ1n) is 40.7. The summed E-state index contributed by atoms with van der Waals surface area (Å²) in [6, 6.07) is 0. The number of phosphoric acid groups is 2. The number of phosphoric ester groups is 2. The van der Waals surface area contributed by atoms with Crippen molar-refractivity contribution < 1.29 is 80.2 Å². The Morgan fingerprint density at radius 3 is 0.724 bits per heavy atom. The second-order valence-electron chi connectivity index (χ2n) is 30.1. The summed E-state index contributed by atoms with van der Waals surface area (Å²) < 4.78 is 68.6. The first-order chi connectivity index (χ1) is 47.1. The molecule has 3 N–H and O–H groups in total. The van der Waals surface area contributed by atoms with Gasteiger partial charge < -0.3 is 33.8 Å². The molecule has 0 aliphatic heterocycles. The summed E-state index contributed by atoms with van der Waals surface area (Å²) in [5.41, 5.74) is 0. The van der Waals surface area contributed by atoms with E-state index in [1.54, 1.807) is 0 Å². The predicted molar refractivity (Wildman–Crippen MR) is 400 cm³/mol. The average molecular weight is 1440 g/mol. The Kier molecular flexibility index (Phi) is 66.8. The van der Waals surface area contributed by atoms with Crippen molar-refractivity contribution in [3.63, 3.8) is 0 Å². The van der Waals surface area contributed by atoms with Crippen molar-refractivity contribution in [3.8, 4) is 0 Å². The van der Waals surface area contributed by atoms with E-state index in [1.807, 2.05) is 0 Å². The molecule has 0 spiro atoms. The molecule has 0 aliphatic rings. The summed E-state index contributed by atoms with van der Waals surface area (Å²) in [5, 5.41) is 10.6. The third-order valence-electron chi connectivity index (χ3n) is 18.7. The maximum atomic E-state index is 13.1. The van der Waals surface area contributed by atoms with Crippen molar-refractivity contribution in [2.45, 2.75) is 420 Å². The standard InChI is InChI=1S/C79H154O17P2/c1-9-72(8)58-50-42-34-28-29-37-46-54-62-79(84)96-75(66-90-77(82)60-52-44-38-30-33-41-49-57-71(6)7)68-94-98(87,88)92-64-73(80)63-91-97(85,86)93-67-74(65-89-76(81)59-51-43-35-26-22-19-18-21-25-32-40-48-56-70(4)5)95-78(83)61-53-45-36-27-23-17-15-13-11-10-12-14-16-20-24-31-39-47-55-69(2)3/h69-75,80H,9-68H2,1-8H3,(H,85,86)(H,87,88)/t72?,73?,74-,75-/m1/s1. The zero-order valence-corrected chi connectivity index (χ0v) is 66.2. The first kappa shape index (κ1) is 96.1. The molecule has 0 radical (unpaired) electrons. The number of ether oxygens (including phenoxy) is 4. The number of carbonyl (C=O) groups is 4. The maximum Gasteiger partial charge on any atom is 0.472 e. The molecule has 582 valence electrons. The molecular weight excluding hydrogens is 1280 g/mol. The lowest BCUT2D eigenvalue weighted by Gasteiger charge is -2.21. The van der Waals surface area contributed by atoms with E-state index in [4.69, 9.17) is 37.0 Å².